The van der Waals surface area contributed by atoms with E-state index in [1.54, 1.807) is 0 Å². The number of aromatic nitrogens is 1. The molecular weight excluding hydrogens is 352 g/mol. The highest BCUT2D eigenvalue weighted by Gasteiger charge is 2.72. The number of hydrogen-bond acceptors (Lipinski definition) is 3. The van der Waals surface area contributed by atoms with E-state index in [2.05, 4.69) is 4.98 Å². The summed E-state index contributed by atoms with van der Waals surface area (Å²) < 4.78 is 80.8. The van der Waals surface area contributed by atoms with E-state index < -0.39 is 35.5 Å². The summed E-state index contributed by atoms with van der Waals surface area (Å²) in [7, 11) is 0. The largest absolute Gasteiger partial charge is 0.439 e. The van der Waals surface area contributed by atoms with Gasteiger partial charge >= 0.3 is 18.0 Å². The highest BCUT2D eigenvalue weighted by atomic mass is 19.4. The number of carbonyl (C=O) groups excluding carboxylic acids is 1. The molecule has 1 saturated carbocycles. The molecule has 0 spiro atoms. The number of nitrogens with one attached hydrogen (secondary N) is 2. The molecule has 1 aromatic heterocycles. The van der Waals surface area contributed by atoms with E-state index in [4.69, 9.17) is 0 Å². The lowest BCUT2D eigenvalue weighted by Crippen LogP contribution is -2.72. The lowest BCUT2D eigenvalue weighted by Gasteiger charge is -2.40. The van der Waals surface area contributed by atoms with Crippen molar-refractivity contribution in [1.29, 1.82) is 0 Å². The molecule has 1 aliphatic carbocycles. The Morgan fingerprint density at radius 2 is 1.64 bits per heavy atom. The van der Waals surface area contributed by atoms with E-state index >= 15 is 0 Å². The minimum atomic E-state index is -5.81. The van der Waals surface area contributed by atoms with Crippen LogP contribution in [0.25, 0.3) is 0 Å². The molecule has 140 valence electrons. The fourth-order valence-electron chi connectivity index (χ4n) is 2.78. The number of halogens is 6. The molecule has 0 radical (unpaired) electrons. The summed E-state index contributed by atoms with van der Waals surface area (Å²) in [5, 5.41) is 2.60. The molecule has 0 bridgehead atoms. The van der Waals surface area contributed by atoms with E-state index in [0.717, 1.165) is 18.7 Å². The summed E-state index contributed by atoms with van der Waals surface area (Å²) in [6.45, 7) is 0. The third kappa shape index (κ3) is 4.16. The molecule has 1 aromatic rings. The Labute approximate surface area is 140 Å². The minimum Gasteiger partial charge on any atom is -0.346 e. The fourth-order valence-corrected chi connectivity index (χ4v) is 2.78. The Bertz CT molecular complexity index is 567. The first-order valence-electron chi connectivity index (χ1n) is 7.70. The Morgan fingerprint density at radius 1 is 1.04 bits per heavy atom. The van der Waals surface area contributed by atoms with Crippen LogP contribution in [0.1, 0.15) is 32.1 Å². The lowest BCUT2D eigenvalue weighted by molar-refractivity contribution is -0.296. The number of anilines is 1. The number of carbonyl (C=O) groups is 1. The van der Waals surface area contributed by atoms with Gasteiger partial charge in [0.1, 0.15) is 0 Å². The second-order valence-corrected chi connectivity index (χ2v) is 5.94. The van der Waals surface area contributed by atoms with Gasteiger partial charge in [0.05, 0.1) is 11.9 Å². The van der Waals surface area contributed by atoms with Gasteiger partial charge in [0.15, 0.2) is 0 Å². The van der Waals surface area contributed by atoms with E-state index in [-0.39, 0.29) is 12.8 Å². The molecule has 2 N–H and O–H groups in total. The van der Waals surface area contributed by atoms with Gasteiger partial charge in [-0.3, -0.25) is 9.78 Å². The Kier molecular flexibility index (Phi) is 5.48. The molecule has 1 amide bonds. The molecule has 25 heavy (non-hydrogen) atoms. The van der Waals surface area contributed by atoms with Crippen molar-refractivity contribution in [3.63, 3.8) is 0 Å². The first kappa shape index (κ1) is 19.3. The molecule has 0 unspecified atom stereocenters. The van der Waals surface area contributed by atoms with Gasteiger partial charge in [-0.2, -0.15) is 26.3 Å². The van der Waals surface area contributed by atoms with E-state index in [1.165, 1.54) is 22.9 Å². The maximum Gasteiger partial charge on any atom is 0.439 e. The van der Waals surface area contributed by atoms with Gasteiger partial charge in [-0.25, -0.2) is 0 Å². The summed E-state index contributed by atoms with van der Waals surface area (Å²) in [5.74, 6) is -2.13. The normalized spacial score (nSPS) is 17.2. The second kappa shape index (κ2) is 7.09. The highest BCUT2D eigenvalue weighted by molar-refractivity contribution is 5.80. The highest BCUT2D eigenvalue weighted by Crippen LogP contribution is 2.44. The molecule has 0 aromatic carbocycles. The van der Waals surface area contributed by atoms with E-state index in [9.17, 15) is 31.1 Å². The molecular formula is C15H17F6N3O. The Balaban J connectivity index is 2.37. The van der Waals surface area contributed by atoms with Crippen LogP contribution in [0, 0.1) is 5.92 Å². The zero-order valence-electron chi connectivity index (χ0n) is 13.0. The van der Waals surface area contributed by atoms with Gasteiger partial charge in [0, 0.05) is 12.1 Å². The van der Waals surface area contributed by atoms with Crippen LogP contribution in [-0.2, 0) is 4.79 Å². The number of rotatable bonds is 4. The number of alkyl halides is 6. The van der Waals surface area contributed by atoms with Crippen molar-refractivity contribution < 1.29 is 31.1 Å². The van der Waals surface area contributed by atoms with Crippen molar-refractivity contribution in [3.8, 4) is 0 Å². The molecule has 0 atom stereocenters. The van der Waals surface area contributed by atoms with Gasteiger partial charge < -0.3 is 10.6 Å². The van der Waals surface area contributed by atoms with Crippen molar-refractivity contribution in [2.75, 3.05) is 5.32 Å². The zero-order valence-corrected chi connectivity index (χ0v) is 13.0. The molecule has 1 fully saturated rings. The van der Waals surface area contributed by atoms with Crippen molar-refractivity contribution in [3.05, 3.63) is 24.5 Å². The molecule has 1 aliphatic rings. The van der Waals surface area contributed by atoms with Crippen LogP contribution in [0.5, 0.6) is 0 Å². The van der Waals surface area contributed by atoms with Gasteiger partial charge in [-0.05, 0) is 25.0 Å². The van der Waals surface area contributed by atoms with Crippen molar-refractivity contribution in [1.82, 2.24) is 10.3 Å². The van der Waals surface area contributed by atoms with E-state index in [1.807, 2.05) is 0 Å². The Morgan fingerprint density at radius 3 is 2.12 bits per heavy atom. The average molecular weight is 369 g/mol. The van der Waals surface area contributed by atoms with Crippen molar-refractivity contribution in [2.24, 2.45) is 5.92 Å². The van der Waals surface area contributed by atoms with Crippen LogP contribution in [0.2, 0.25) is 0 Å². The molecule has 0 aliphatic heterocycles. The summed E-state index contributed by atoms with van der Waals surface area (Å²) in [6.07, 6.45) is -7.07. The smallest absolute Gasteiger partial charge is 0.346 e. The van der Waals surface area contributed by atoms with Crippen LogP contribution < -0.4 is 10.6 Å². The standard InChI is InChI=1S/C15H17F6N3O/c16-14(17,18)13(15(19,20)21,23-11-7-4-8-22-9-11)24-12(25)10-5-2-1-3-6-10/h4,7-10,23H,1-3,5-6H2,(H,24,25). The van der Waals surface area contributed by atoms with Crippen LogP contribution >= 0.6 is 0 Å². The van der Waals surface area contributed by atoms with Gasteiger partial charge in [-0.15, -0.1) is 0 Å². The number of nitrogens with zero attached hydrogens (tertiary/aromatic N) is 1. The van der Waals surface area contributed by atoms with Crippen LogP contribution in [0.15, 0.2) is 24.5 Å². The summed E-state index contributed by atoms with van der Waals surface area (Å²) >= 11 is 0. The summed E-state index contributed by atoms with van der Waals surface area (Å²) in [4.78, 5) is 15.6. The monoisotopic (exact) mass is 369 g/mol. The molecule has 0 saturated heterocycles. The Hall–Kier alpha value is -2.00. The maximum atomic E-state index is 13.5. The molecule has 1 heterocycles. The van der Waals surface area contributed by atoms with Gasteiger partial charge in [0.2, 0.25) is 5.91 Å². The first-order chi connectivity index (χ1) is 11.6. The predicted molar refractivity (Wildman–Crippen MR) is 77.4 cm³/mol. The minimum absolute atomic E-state index is 0.268. The topological polar surface area (TPSA) is 54.0 Å². The third-order valence-electron chi connectivity index (χ3n) is 4.13. The SMILES string of the molecule is O=C(NC(Nc1cccnc1)(C(F)(F)F)C(F)(F)F)C1CCCCC1. The number of hydrogen-bond donors (Lipinski definition) is 2. The number of amides is 1. The fraction of sp³-hybridized carbons (Fsp3) is 0.600. The van der Waals surface area contributed by atoms with Crippen LogP contribution in [0.3, 0.4) is 0 Å². The quantitative estimate of drug-likeness (QED) is 0.623. The predicted octanol–water partition coefficient (Wildman–Crippen LogP) is 4.01. The van der Waals surface area contributed by atoms with Gasteiger partial charge in [-0.1, -0.05) is 19.3 Å². The maximum absolute atomic E-state index is 13.5. The van der Waals surface area contributed by atoms with Crippen LogP contribution in [-0.4, -0.2) is 28.9 Å². The summed E-state index contributed by atoms with van der Waals surface area (Å²) in [6, 6.07) is 2.19. The molecule has 2 rings (SSSR count). The second-order valence-electron chi connectivity index (χ2n) is 5.94. The first-order valence-corrected chi connectivity index (χ1v) is 7.70. The summed E-state index contributed by atoms with van der Waals surface area (Å²) in [5.41, 5.74) is -5.10. The van der Waals surface area contributed by atoms with Crippen molar-refractivity contribution >= 4 is 11.6 Å². The lowest BCUT2D eigenvalue weighted by atomic mass is 9.88. The van der Waals surface area contributed by atoms with Gasteiger partial charge in [0.25, 0.3) is 0 Å². The average Bonchev–Trinajstić information content (AvgIpc) is 2.54. The molecule has 10 heteroatoms. The molecule has 4 nitrogen and oxygen atoms in total. The third-order valence-corrected chi connectivity index (χ3v) is 4.13. The number of pyridine rings is 1. The van der Waals surface area contributed by atoms with Crippen molar-refractivity contribution in [2.45, 2.75) is 50.1 Å². The van der Waals surface area contributed by atoms with Crippen LogP contribution in [0.4, 0.5) is 32.0 Å². The van der Waals surface area contributed by atoms with E-state index in [0.29, 0.717) is 12.8 Å². The zero-order chi connectivity index (χ0) is 18.7.